The summed E-state index contributed by atoms with van der Waals surface area (Å²) in [6.07, 6.45) is 10.3. The third-order valence-electron chi connectivity index (χ3n) is 5.62. The van der Waals surface area contributed by atoms with Gasteiger partial charge >= 0.3 is 0 Å². The molecule has 1 aromatic heterocycles. The zero-order chi connectivity index (χ0) is 16.6. The quantitative estimate of drug-likeness (QED) is 0.867. The molecule has 5 heteroatoms. The molecule has 0 unspecified atom stereocenters. The number of carbonyl (C=O) groups is 1. The van der Waals surface area contributed by atoms with E-state index in [0.717, 1.165) is 44.2 Å². The van der Waals surface area contributed by atoms with Gasteiger partial charge in [0.2, 0.25) is 5.91 Å². The summed E-state index contributed by atoms with van der Waals surface area (Å²) in [6.45, 7) is 1.51. The van der Waals surface area contributed by atoms with Gasteiger partial charge in [-0.2, -0.15) is 0 Å². The lowest BCUT2D eigenvalue weighted by molar-refractivity contribution is -0.142. The van der Waals surface area contributed by atoms with Crippen molar-refractivity contribution in [3.8, 4) is 0 Å². The minimum Gasteiger partial charge on any atom is -0.340 e. The van der Waals surface area contributed by atoms with E-state index in [4.69, 9.17) is 0 Å². The van der Waals surface area contributed by atoms with Gasteiger partial charge in [0, 0.05) is 25.5 Å². The first-order valence-electron chi connectivity index (χ1n) is 8.72. The first-order chi connectivity index (χ1) is 11.7. The van der Waals surface area contributed by atoms with Gasteiger partial charge in [-0.1, -0.05) is 18.6 Å². The minimum absolute atomic E-state index is 0.171. The molecule has 2 aliphatic rings. The fraction of sp³-hybridized carbons (Fsp3) is 0.474. The second-order valence-electron chi connectivity index (χ2n) is 7.00. The van der Waals surface area contributed by atoms with E-state index >= 15 is 0 Å². The Balaban J connectivity index is 1.57. The third kappa shape index (κ3) is 2.52. The average Bonchev–Trinajstić information content (AvgIpc) is 3.08. The molecule has 1 amide bonds. The average molecular weight is 327 g/mol. The highest BCUT2D eigenvalue weighted by molar-refractivity contribution is 5.89. The molecule has 1 saturated carbocycles. The van der Waals surface area contributed by atoms with Crippen LogP contribution in [0.25, 0.3) is 0 Å². The molecule has 126 valence electrons. The monoisotopic (exact) mass is 327 g/mol. The van der Waals surface area contributed by atoms with Crippen LogP contribution in [0.2, 0.25) is 0 Å². The summed E-state index contributed by atoms with van der Waals surface area (Å²) in [5, 5.41) is 0. The van der Waals surface area contributed by atoms with Crippen molar-refractivity contribution >= 4 is 5.91 Å². The van der Waals surface area contributed by atoms with Gasteiger partial charge in [-0.05, 0) is 43.4 Å². The summed E-state index contributed by atoms with van der Waals surface area (Å²) in [4.78, 5) is 19.4. The van der Waals surface area contributed by atoms with Crippen molar-refractivity contribution in [1.29, 1.82) is 0 Å². The number of hydrogen-bond acceptors (Lipinski definition) is 2. The van der Waals surface area contributed by atoms with Crippen molar-refractivity contribution in [2.24, 2.45) is 0 Å². The fourth-order valence-corrected chi connectivity index (χ4v) is 4.11. The van der Waals surface area contributed by atoms with Crippen LogP contribution in [0.1, 0.15) is 43.7 Å². The summed E-state index contributed by atoms with van der Waals surface area (Å²) in [5.74, 6) is -0.0920. The molecular formula is C19H22FN3O. The number of rotatable bonds is 3. The van der Waals surface area contributed by atoms with Crippen LogP contribution in [-0.4, -0.2) is 33.4 Å². The molecule has 4 rings (SSSR count). The molecule has 0 N–H and O–H groups in total. The highest BCUT2D eigenvalue weighted by Crippen LogP contribution is 2.46. The molecule has 0 bridgehead atoms. The number of hydrogen-bond donors (Lipinski definition) is 0. The number of carbonyl (C=O) groups excluding carboxylic acids is 1. The minimum atomic E-state index is -0.515. The van der Waals surface area contributed by atoms with Crippen molar-refractivity contribution in [3.63, 3.8) is 0 Å². The maximum Gasteiger partial charge on any atom is 0.233 e. The van der Waals surface area contributed by atoms with Gasteiger partial charge in [0.15, 0.2) is 0 Å². The topological polar surface area (TPSA) is 38.1 Å². The number of amides is 1. The van der Waals surface area contributed by atoms with Crippen LogP contribution in [-0.2, 0) is 10.2 Å². The number of aromatic nitrogens is 2. The van der Waals surface area contributed by atoms with E-state index in [2.05, 4.69) is 9.55 Å². The number of likely N-dealkylation sites (tertiary alicyclic amines) is 1. The van der Waals surface area contributed by atoms with Crippen LogP contribution in [0.5, 0.6) is 0 Å². The van der Waals surface area contributed by atoms with Gasteiger partial charge in [-0.25, -0.2) is 9.37 Å². The molecule has 0 radical (unpaired) electrons. The molecule has 2 aromatic rings. The zero-order valence-corrected chi connectivity index (χ0v) is 13.7. The van der Waals surface area contributed by atoms with Crippen molar-refractivity contribution in [2.45, 2.75) is 43.6 Å². The molecule has 24 heavy (non-hydrogen) atoms. The zero-order valence-electron chi connectivity index (χ0n) is 13.7. The molecule has 2 heterocycles. The molecule has 1 aromatic carbocycles. The Morgan fingerprint density at radius 2 is 2.17 bits per heavy atom. The number of piperidine rings is 1. The maximum atomic E-state index is 13.7. The second-order valence-corrected chi connectivity index (χ2v) is 7.00. The van der Waals surface area contributed by atoms with Crippen LogP contribution < -0.4 is 0 Å². The van der Waals surface area contributed by atoms with Gasteiger partial charge in [-0.3, -0.25) is 4.79 Å². The lowest BCUT2D eigenvalue weighted by atomic mass is 9.63. The largest absolute Gasteiger partial charge is 0.340 e. The van der Waals surface area contributed by atoms with E-state index in [0.29, 0.717) is 6.54 Å². The van der Waals surface area contributed by atoms with Crippen LogP contribution in [0.3, 0.4) is 0 Å². The van der Waals surface area contributed by atoms with Crippen molar-refractivity contribution in [3.05, 3.63) is 54.4 Å². The summed E-state index contributed by atoms with van der Waals surface area (Å²) in [7, 11) is 0. The van der Waals surface area contributed by atoms with Crippen LogP contribution >= 0.6 is 0 Å². The van der Waals surface area contributed by atoms with E-state index in [1.165, 1.54) is 12.1 Å². The van der Waals surface area contributed by atoms with E-state index in [9.17, 15) is 9.18 Å². The Morgan fingerprint density at radius 1 is 1.29 bits per heavy atom. The van der Waals surface area contributed by atoms with Crippen LogP contribution in [0, 0.1) is 5.82 Å². The molecule has 1 atom stereocenters. The highest BCUT2D eigenvalue weighted by Gasteiger charge is 2.48. The van der Waals surface area contributed by atoms with Gasteiger partial charge in [0.05, 0.1) is 17.8 Å². The predicted molar refractivity (Wildman–Crippen MR) is 89.0 cm³/mol. The van der Waals surface area contributed by atoms with E-state index < -0.39 is 5.41 Å². The number of nitrogens with zero attached hydrogens (tertiary/aromatic N) is 3. The van der Waals surface area contributed by atoms with Crippen molar-refractivity contribution in [1.82, 2.24) is 14.5 Å². The fourth-order valence-electron chi connectivity index (χ4n) is 4.11. The molecule has 0 spiro atoms. The van der Waals surface area contributed by atoms with Crippen molar-refractivity contribution in [2.75, 3.05) is 13.1 Å². The first-order valence-corrected chi connectivity index (χ1v) is 8.72. The normalized spacial score (nSPS) is 22.9. The summed E-state index contributed by atoms with van der Waals surface area (Å²) in [6, 6.07) is 6.87. The smallest absolute Gasteiger partial charge is 0.233 e. The standard InChI is InChI=1S/C19H22FN3O/c20-16-5-1-4-15(12-16)19(7-3-8-19)18(24)22-10-2-6-17(13-22)23-11-9-21-14-23/h1,4-5,9,11-12,14,17H,2-3,6-8,10,13H2/t17-/m1/s1. The van der Waals surface area contributed by atoms with E-state index in [1.54, 1.807) is 12.3 Å². The first kappa shape index (κ1) is 15.4. The Bertz CT molecular complexity index is 724. The number of halogens is 1. The highest BCUT2D eigenvalue weighted by atomic mass is 19.1. The third-order valence-corrected chi connectivity index (χ3v) is 5.62. The van der Waals surface area contributed by atoms with Gasteiger partial charge < -0.3 is 9.47 Å². The predicted octanol–water partition coefficient (Wildman–Crippen LogP) is 3.31. The molecular weight excluding hydrogens is 305 g/mol. The summed E-state index contributed by atoms with van der Waals surface area (Å²) in [5.41, 5.74) is 0.322. The second kappa shape index (κ2) is 6.04. The van der Waals surface area contributed by atoms with Gasteiger partial charge in [0.25, 0.3) is 0 Å². The van der Waals surface area contributed by atoms with Crippen molar-refractivity contribution < 1.29 is 9.18 Å². The van der Waals surface area contributed by atoms with E-state index in [-0.39, 0.29) is 17.8 Å². The molecule has 1 saturated heterocycles. The molecule has 2 fully saturated rings. The Kier molecular flexibility index (Phi) is 3.87. The Morgan fingerprint density at radius 3 is 2.83 bits per heavy atom. The van der Waals surface area contributed by atoms with Crippen LogP contribution in [0.4, 0.5) is 4.39 Å². The van der Waals surface area contributed by atoms with Gasteiger partial charge in [-0.15, -0.1) is 0 Å². The van der Waals surface area contributed by atoms with Gasteiger partial charge in [0.1, 0.15) is 5.82 Å². The molecule has 1 aliphatic carbocycles. The Hall–Kier alpha value is -2.17. The summed E-state index contributed by atoms with van der Waals surface area (Å²) >= 11 is 0. The maximum absolute atomic E-state index is 13.7. The van der Waals surface area contributed by atoms with Crippen LogP contribution in [0.15, 0.2) is 43.0 Å². The number of imidazole rings is 1. The molecule has 4 nitrogen and oxygen atoms in total. The lowest BCUT2D eigenvalue weighted by Gasteiger charge is -2.46. The van der Waals surface area contributed by atoms with E-state index in [1.807, 2.05) is 23.5 Å². The summed E-state index contributed by atoms with van der Waals surface area (Å²) < 4.78 is 15.8. The SMILES string of the molecule is O=C(N1CCC[C@@H](n2ccnc2)C1)C1(c2cccc(F)c2)CCC1. The number of benzene rings is 1. The molecule has 1 aliphatic heterocycles. The lowest BCUT2D eigenvalue weighted by Crippen LogP contribution is -2.53. The Labute approximate surface area is 141 Å².